The van der Waals surface area contributed by atoms with Crippen molar-refractivity contribution in [1.82, 2.24) is 15.5 Å². The van der Waals surface area contributed by atoms with Crippen molar-refractivity contribution in [2.24, 2.45) is 0 Å². The van der Waals surface area contributed by atoms with Crippen molar-refractivity contribution < 1.29 is 19.5 Å². The summed E-state index contributed by atoms with van der Waals surface area (Å²) >= 11 is 0. The summed E-state index contributed by atoms with van der Waals surface area (Å²) in [6, 6.07) is -0.322. The number of rotatable bonds is 6. The van der Waals surface area contributed by atoms with E-state index in [-0.39, 0.29) is 24.8 Å². The zero-order chi connectivity index (χ0) is 15.2. The van der Waals surface area contributed by atoms with Crippen molar-refractivity contribution in [3.05, 3.63) is 0 Å². The van der Waals surface area contributed by atoms with Gasteiger partial charge in [-0.1, -0.05) is 12.8 Å². The van der Waals surface area contributed by atoms with E-state index in [0.29, 0.717) is 19.4 Å². The van der Waals surface area contributed by atoms with E-state index in [9.17, 15) is 14.4 Å². The van der Waals surface area contributed by atoms with Gasteiger partial charge in [-0.3, -0.25) is 9.59 Å². The average molecular weight is 285 g/mol. The number of carboxylic acids is 1. The lowest BCUT2D eigenvalue weighted by Gasteiger charge is -2.31. The van der Waals surface area contributed by atoms with Crippen LogP contribution >= 0.6 is 0 Å². The molecule has 3 amide bonds. The Balaban J connectivity index is 2.53. The molecule has 0 atom stereocenters. The maximum Gasteiger partial charge on any atom is 0.317 e. The molecule has 1 fully saturated rings. The summed E-state index contributed by atoms with van der Waals surface area (Å²) in [5.74, 6) is -1.04. The summed E-state index contributed by atoms with van der Waals surface area (Å²) in [7, 11) is 3.14. The standard InChI is InChI=1S/C13H23N3O4/c1-14-10(17)5-8-16(2)12(20)15-13(9-11(18)19)6-3-4-7-13/h3-9H2,1-2H3,(H,14,17)(H,15,20)(H,18,19). The molecule has 0 aliphatic heterocycles. The Hall–Kier alpha value is -1.79. The van der Waals surface area contributed by atoms with Gasteiger partial charge in [-0.15, -0.1) is 0 Å². The molecule has 1 aliphatic carbocycles. The number of nitrogens with zero attached hydrogens (tertiary/aromatic N) is 1. The summed E-state index contributed by atoms with van der Waals surface area (Å²) in [5.41, 5.74) is -0.635. The first-order valence-electron chi connectivity index (χ1n) is 6.84. The SMILES string of the molecule is CNC(=O)CCN(C)C(=O)NC1(CC(=O)O)CCCC1. The molecule has 3 N–H and O–H groups in total. The molecule has 0 aromatic carbocycles. The molecule has 0 aromatic heterocycles. The van der Waals surface area contributed by atoms with Crippen LogP contribution in [0.1, 0.15) is 38.5 Å². The number of urea groups is 1. The van der Waals surface area contributed by atoms with E-state index in [2.05, 4.69) is 10.6 Å². The van der Waals surface area contributed by atoms with Crippen molar-refractivity contribution in [2.75, 3.05) is 20.6 Å². The predicted octanol–water partition coefficient (Wildman–Crippen LogP) is 0.551. The molecular weight excluding hydrogens is 262 g/mol. The summed E-state index contributed by atoms with van der Waals surface area (Å²) in [4.78, 5) is 35.6. The molecular formula is C13H23N3O4. The van der Waals surface area contributed by atoms with Crippen LogP contribution in [0.4, 0.5) is 4.79 Å². The highest BCUT2D eigenvalue weighted by Crippen LogP contribution is 2.32. The zero-order valence-electron chi connectivity index (χ0n) is 12.1. The lowest BCUT2D eigenvalue weighted by molar-refractivity contribution is -0.138. The van der Waals surface area contributed by atoms with Crippen LogP contribution in [-0.4, -0.2) is 54.1 Å². The second kappa shape index (κ2) is 7.12. The molecule has 0 radical (unpaired) electrons. The Kier molecular flexibility index (Phi) is 5.79. The highest BCUT2D eigenvalue weighted by molar-refractivity contribution is 5.79. The van der Waals surface area contributed by atoms with E-state index in [1.165, 1.54) is 4.90 Å². The molecule has 7 heteroatoms. The minimum atomic E-state index is -0.903. The van der Waals surface area contributed by atoms with Gasteiger partial charge in [-0.25, -0.2) is 4.79 Å². The van der Waals surface area contributed by atoms with Crippen LogP contribution in [0.15, 0.2) is 0 Å². The third kappa shape index (κ3) is 4.71. The predicted molar refractivity (Wildman–Crippen MR) is 73.3 cm³/mol. The van der Waals surface area contributed by atoms with Crippen molar-refractivity contribution >= 4 is 17.9 Å². The fourth-order valence-electron chi connectivity index (χ4n) is 2.51. The van der Waals surface area contributed by atoms with Gasteiger partial charge in [0.1, 0.15) is 0 Å². The molecule has 114 valence electrons. The number of hydrogen-bond donors (Lipinski definition) is 3. The van der Waals surface area contributed by atoms with Crippen molar-refractivity contribution in [3.63, 3.8) is 0 Å². The second-order valence-electron chi connectivity index (χ2n) is 5.33. The van der Waals surface area contributed by atoms with Crippen molar-refractivity contribution in [3.8, 4) is 0 Å². The quantitative estimate of drug-likeness (QED) is 0.663. The van der Waals surface area contributed by atoms with Crippen LogP contribution in [0.3, 0.4) is 0 Å². The third-order valence-electron chi connectivity index (χ3n) is 3.72. The van der Waals surface area contributed by atoms with E-state index in [0.717, 1.165) is 12.8 Å². The Morgan fingerprint density at radius 2 is 1.85 bits per heavy atom. The molecule has 1 rings (SSSR count). The van der Waals surface area contributed by atoms with Gasteiger partial charge >= 0.3 is 12.0 Å². The van der Waals surface area contributed by atoms with Gasteiger partial charge in [0.2, 0.25) is 5.91 Å². The molecule has 0 unspecified atom stereocenters. The van der Waals surface area contributed by atoms with E-state index in [4.69, 9.17) is 5.11 Å². The van der Waals surface area contributed by atoms with Crippen LogP contribution in [0.25, 0.3) is 0 Å². The number of nitrogens with one attached hydrogen (secondary N) is 2. The molecule has 0 heterocycles. The first-order valence-corrected chi connectivity index (χ1v) is 6.84. The van der Waals surface area contributed by atoms with E-state index in [1.54, 1.807) is 14.1 Å². The highest BCUT2D eigenvalue weighted by Gasteiger charge is 2.38. The number of carbonyl (C=O) groups excluding carboxylic acids is 2. The first kappa shape index (κ1) is 16.3. The molecule has 7 nitrogen and oxygen atoms in total. The second-order valence-corrected chi connectivity index (χ2v) is 5.33. The highest BCUT2D eigenvalue weighted by atomic mass is 16.4. The topological polar surface area (TPSA) is 98.7 Å². The Labute approximate surface area is 118 Å². The minimum absolute atomic E-state index is 0.0535. The summed E-state index contributed by atoms with van der Waals surface area (Å²) in [5, 5.41) is 14.3. The maximum absolute atomic E-state index is 12.1. The van der Waals surface area contributed by atoms with Crippen molar-refractivity contribution in [2.45, 2.75) is 44.1 Å². The lowest BCUT2D eigenvalue weighted by Crippen LogP contribution is -2.52. The summed E-state index contributed by atoms with van der Waals surface area (Å²) in [6.07, 6.45) is 3.40. The number of carbonyl (C=O) groups is 3. The first-order chi connectivity index (χ1) is 9.38. The fraction of sp³-hybridized carbons (Fsp3) is 0.769. The largest absolute Gasteiger partial charge is 0.481 e. The molecule has 0 bridgehead atoms. The van der Waals surface area contributed by atoms with Crippen molar-refractivity contribution in [1.29, 1.82) is 0 Å². The molecule has 1 saturated carbocycles. The van der Waals surface area contributed by atoms with Gasteiger partial charge in [0, 0.05) is 27.1 Å². The van der Waals surface area contributed by atoms with Gasteiger partial charge in [-0.2, -0.15) is 0 Å². The van der Waals surface area contributed by atoms with Gasteiger partial charge in [0.15, 0.2) is 0 Å². The number of amides is 3. The Bertz CT molecular complexity index is 378. The smallest absolute Gasteiger partial charge is 0.317 e. The fourth-order valence-corrected chi connectivity index (χ4v) is 2.51. The lowest BCUT2D eigenvalue weighted by atomic mass is 9.93. The third-order valence-corrected chi connectivity index (χ3v) is 3.72. The normalized spacial score (nSPS) is 16.5. The van der Waals surface area contributed by atoms with Crippen LogP contribution < -0.4 is 10.6 Å². The minimum Gasteiger partial charge on any atom is -0.481 e. The van der Waals surface area contributed by atoms with Gasteiger partial charge < -0.3 is 20.6 Å². The van der Waals surface area contributed by atoms with Gasteiger partial charge in [0.25, 0.3) is 0 Å². The molecule has 0 aromatic rings. The van der Waals surface area contributed by atoms with Crippen LogP contribution in [0.5, 0.6) is 0 Å². The summed E-state index contributed by atoms with van der Waals surface area (Å²) in [6.45, 7) is 0.300. The molecule has 0 saturated heterocycles. The zero-order valence-corrected chi connectivity index (χ0v) is 12.1. The molecule has 1 aliphatic rings. The summed E-state index contributed by atoms with van der Waals surface area (Å²) < 4.78 is 0. The Morgan fingerprint density at radius 3 is 2.35 bits per heavy atom. The van der Waals surface area contributed by atoms with E-state index < -0.39 is 11.5 Å². The van der Waals surface area contributed by atoms with Gasteiger partial charge in [-0.05, 0) is 12.8 Å². The van der Waals surface area contributed by atoms with E-state index in [1.807, 2.05) is 0 Å². The number of aliphatic carboxylic acids is 1. The van der Waals surface area contributed by atoms with Gasteiger partial charge in [0.05, 0.1) is 12.0 Å². The molecule has 20 heavy (non-hydrogen) atoms. The number of carboxylic acid groups (broad SMARTS) is 1. The van der Waals surface area contributed by atoms with Crippen LogP contribution in [-0.2, 0) is 9.59 Å². The Morgan fingerprint density at radius 1 is 1.25 bits per heavy atom. The monoisotopic (exact) mass is 285 g/mol. The van der Waals surface area contributed by atoms with Crippen LogP contribution in [0.2, 0.25) is 0 Å². The van der Waals surface area contributed by atoms with Crippen LogP contribution in [0, 0.1) is 0 Å². The molecule has 0 spiro atoms. The maximum atomic E-state index is 12.1. The average Bonchev–Trinajstić information content (AvgIpc) is 2.82. The number of hydrogen-bond acceptors (Lipinski definition) is 3. The van der Waals surface area contributed by atoms with E-state index >= 15 is 0 Å².